The minimum absolute atomic E-state index is 0.0936. The van der Waals surface area contributed by atoms with Gasteiger partial charge in [-0.25, -0.2) is 0 Å². The van der Waals surface area contributed by atoms with Gasteiger partial charge in [0.2, 0.25) is 5.91 Å². The van der Waals surface area contributed by atoms with E-state index in [1.165, 1.54) is 11.1 Å². The van der Waals surface area contributed by atoms with Crippen molar-refractivity contribution in [1.29, 1.82) is 0 Å². The van der Waals surface area contributed by atoms with Crippen LogP contribution in [0.25, 0.3) is 0 Å². The maximum Gasteiger partial charge on any atom is 0.223 e. The summed E-state index contributed by atoms with van der Waals surface area (Å²) in [6.45, 7) is 4.01. The first-order valence-corrected chi connectivity index (χ1v) is 6.08. The lowest BCUT2D eigenvalue weighted by Crippen LogP contribution is -2.23. The summed E-state index contributed by atoms with van der Waals surface area (Å²) in [6.07, 6.45) is 1.55. The van der Waals surface area contributed by atoms with E-state index in [9.17, 15) is 9.90 Å². The standard InChI is InChI=1S/C14H17NO2/c1-7-4-8(2)14(17)12-10(7)5-9-6-11(16)15(3)13(9)12/h4,9,13,17H,5-6H2,1-3H3. The number of carbonyl (C=O) groups excluding carboxylic acids is 1. The predicted octanol–water partition coefficient (Wildman–Crippen LogP) is 2.08. The number of hydrogen-bond donors (Lipinski definition) is 1. The highest BCUT2D eigenvalue weighted by molar-refractivity contribution is 5.80. The van der Waals surface area contributed by atoms with E-state index in [1.807, 2.05) is 20.0 Å². The summed E-state index contributed by atoms with van der Waals surface area (Å²) in [7, 11) is 1.85. The number of fused-ring (bicyclic) bond motifs is 3. The molecule has 0 radical (unpaired) electrons. The third-order valence-corrected chi connectivity index (χ3v) is 4.32. The van der Waals surface area contributed by atoms with Crippen LogP contribution in [0.3, 0.4) is 0 Å². The molecule has 3 rings (SSSR count). The van der Waals surface area contributed by atoms with E-state index >= 15 is 0 Å². The zero-order valence-corrected chi connectivity index (χ0v) is 10.4. The molecule has 2 aliphatic rings. The Hall–Kier alpha value is -1.51. The summed E-state index contributed by atoms with van der Waals surface area (Å²) in [5.41, 5.74) is 4.41. The maximum absolute atomic E-state index is 11.7. The molecule has 1 heterocycles. The number of hydrogen-bond acceptors (Lipinski definition) is 2. The van der Waals surface area contributed by atoms with Crippen molar-refractivity contribution in [3.8, 4) is 5.75 Å². The van der Waals surface area contributed by atoms with Crippen LogP contribution < -0.4 is 0 Å². The Morgan fingerprint density at radius 1 is 1.29 bits per heavy atom. The second kappa shape index (κ2) is 3.25. The molecule has 1 amide bonds. The highest BCUT2D eigenvalue weighted by Crippen LogP contribution is 2.51. The molecule has 0 saturated carbocycles. The van der Waals surface area contributed by atoms with E-state index in [4.69, 9.17) is 0 Å². The van der Waals surface area contributed by atoms with Gasteiger partial charge in [-0.15, -0.1) is 0 Å². The molecule has 2 unspecified atom stereocenters. The van der Waals surface area contributed by atoms with Crippen LogP contribution in [0.1, 0.15) is 34.7 Å². The summed E-state index contributed by atoms with van der Waals surface area (Å²) < 4.78 is 0. The molecule has 1 aliphatic carbocycles. The number of rotatable bonds is 0. The van der Waals surface area contributed by atoms with Crippen LogP contribution in [0.15, 0.2) is 6.07 Å². The van der Waals surface area contributed by atoms with Crippen molar-refractivity contribution in [3.63, 3.8) is 0 Å². The van der Waals surface area contributed by atoms with Crippen LogP contribution in [0.4, 0.5) is 0 Å². The fourth-order valence-electron chi connectivity index (χ4n) is 3.46. The number of likely N-dealkylation sites (tertiary alicyclic amines) is 1. The van der Waals surface area contributed by atoms with Gasteiger partial charge in [0.1, 0.15) is 5.75 Å². The Morgan fingerprint density at radius 3 is 2.71 bits per heavy atom. The van der Waals surface area contributed by atoms with Gasteiger partial charge in [0.25, 0.3) is 0 Å². The van der Waals surface area contributed by atoms with Crippen molar-refractivity contribution in [2.75, 3.05) is 7.05 Å². The molecule has 0 spiro atoms. The van der Waals surface area contributed by atoms with E-state index in [2.05, 4.69) is 6.92 Å². The molecule has 1 saturated heterocycles. The number of aryl methyl sites for hydroxylation is 2. The van der Waals surface area contributed by atoms with E-state index in [1.54, 1.807) is 4.90 Å². The maximum atomic E-state index is 11.7. The van der Waals surface area contributed by atoms with Gasteiger partial charge in [0.05, 0.1) is 6.04 Å². The lowest BCUT2D eigenvalue weighted by Gasteiger charge is -2.22. The van der Waals surface area contributed by atoms with Crippen LogP contribution >= 0.6 is 0 Å². The fraction of sp³-hybridized carbons (Fsp3) is 0.500. The SMILES string of the molecule is Cc1cc(C)c2c(c1O)C1C(CC(=O)N1C)C2. The third kappa shape index (κ3) is 1.25. The van der Waals surface area contributed by atoms with Gasteiger partial charge in [0.15, 0.2) is 0 Å². The first kappa shape index (κ1) is 10.6. The molecular formula is C14H17NO2. The van der Waals surface area contributed by atoms with Gasteiger partial charge in [0, 0.05) is 19.0 Å². The number of benzene rings is 1. The van der Waals surface area contributed by atoms with Crippen LogP contribution in [-0.2, 0) is 11.2 Å². The van der Waals surface area contributed by atoms with Crippen LogP contribution in [0.2, 0.25) is 0 Å². The zero-order valence-electron chi connectivity index (χ0n) is 10.4. The molecule has 1 aromatic carbocycles. The fourth-order valence-corrected chi connectivity index (χ4v) is 3.46. The summed E-state index contributed by atoms with van der Waals surface area (Å²) >= 11 is 0. The number of nitrogens with zero attached hydrogens (tertiary/aromatic N) is 1. The highest BCUT2D eigenvalue weighted by atomic mass is 16.3. The van der Waals surface area contributed by atoms with E-state index in [0.29, 0.717) is 18.1 Å². The predicted molar refractivity (Wildman–Crippen MR) is 64.9 cm³/mol. The number of carbonyl (C=O) groups is 1. The summed E-state index contributed by atoms with van der Waals surface area (Å²) in [5, 5.41) is 10.3. The Kier molecular flexibility index (Phi) is 2.03. The molecule has 1 fully saturated rings. The van der Waals surface area contributed by atoms with Gasteiger partial charge in [-0.1, -0.05) is 6.07 Å². The number of amides is 1. The van der Waals surface area contributed by atoms with Crippen molar-refractivity contribution in [3.05, 3.63) is 28.3 Å². The third-order valence-electron chi connectivity index (χ3n) is 4.32. The molecule has 17 heavy (non-hydrogen) atoms. The molecule has 0 bridgehead atoms. The molecular weight excluding hydrogens is 214 g/mol. The Bertz CT molecular complexity index is 521. The second-order valence-corrected chi connectivity index (χ2v) is 5.37. The second-order valence-electron chi connectivity index (χ2n) is 5.37. The smallest absolute Gasteiger partial charge is 0.223 e. The molecule has 0 aromatic heterocycles. The summed E-state index contributed by atoms with van der Waals surface area (Å²) in [5.74, 6) is 0.942. The van der Waals surface area contributed by atoms with Crippen molar-refractivity contribution >= 4 is 5.91 Å². The number of aromatic hydroxyl groups is 1. The number of phenolic OH excluding ortho intramolecular Hbond substituents is 1. The topological polar surface area (TPSA) is 40.5 Å². The van der Waals surface area contributed by atoms with Crippen molar-refractivity contribution in [1.82, 2.24) is 4.90 Å². The summed E-state index contributed by atoms with van der Waals surface area (Å²) in [6, 6.07) is 2.13. The Morgan fingerprint density at radius 2 is 2.00 bits per heavy atom. The van der Waals surface area contributed by atoms with Crippen LogP contribution in [0.5, 0.6) is 5.75 Å². The molecule has 3 heteroatoms. The molecule has 2 atom stereocenters. The minimum atomic E-state index is 0.0936. The van der Waals surface area contributed by atoms with Crippen molar-refractivity contribution < 1.29 is 9.90 Å². The molecule has 90 valence electrons. The Labute approximate surface area is 101 Å². The number of phenols is 1. The van der Waals surface area contributed by atoms with Gasteiger partial charge >= 0.3 is 0 Å². The monoisotopic (exact) mass is 231 g/mol. The highest BCUT2D eigenvalue weighted by Gasteiger charge is 2.45. The van der Waals surface area contributed by atoms with Crippen LogP contribution in [0, 0.1) is 19.8 Å². The normalized spacial score (nSPS) is 26.3. The lowest BCUT2D eigenvalue weighted by atomic mass is 9.98. The van der Waals surface area contributed by atoms with Gasteiger partial charge in [-0.2, -0.15) is 0 Å². The lowest BCUT2D eigenvalue weighted by molar-refractivity contribution is -0.127. The van der Waals surface area contributed by atoms with Crippen molar-refractivity contribution in [2.45, 2.75) is 32.7 Å². The average Bonchev–Trinajstić information content (AvgIpc) is 2.75. The first-order valence-electron chi connectivity index (χ1n) is 6.08. The molecule has 1 aromatic rings. The van der Waals surface area contributed by atoms with Crippen LogP contribution in [-0.4, -0.2) is 23.0 Å². The van der Waals surface area contributed by atoms with E-state index < -0.39 is 0 Å². The quantitative estimate of drug-likeness (QED) is 0.742. The van der Waals surface area contributed by atoms with Gasteiger partial charge in [-0.3, -0.25) is 4.79 Å². The molecule has 1 aliphatic heterocycles. The van der Waals surface area contributed by atoms with Gasteiger partial charge in [-0.05, 0) is 42.9 Å². The largest absolute Gasteiger partial charge is 0.507 e. The average molecular weight is 231 g/mol. The van der Waals surface area contributed by atoms with Crippen molar-refractivity contribution in [2.24, 2.45) is 5.92 Å². The van der Waals surface area contributed by atoms with E-state index in [0.717, 1.165) is 17.5 Å². The Balaban J connectivity index is 2.21. The molecule has 3 nitrogen and oxygen atoms in total. The van der Waals surface area contributed by atoms with E-state index in [-0.39, 0.29) is 11.9 Å². The zero-order chi connectivity index (χ0) is 12.3. The minimum Gasteiger partial charge on any atom is -0.507 e. The van der Waals surface area contributed by atoms with Gasteiger partial charge < -0.3 is 10.0 Å². The summed E-state index contributed by atoms with van der Waals surface area (Å²) in [4.78, 5) is 13.5. The first-order chi connectivity index (χ1) is 8.00. The molecule has 1 N–H and O–H groups in total.